The second-order valence-corrected chi connectivity index (χ2v) is 5.40. The number of phenols is 1. The molecule has 0 aliphatic rings. The van der Waals surface area contributed by atoms with Gasteiger partial charge in [-0.25, -0.2) is 0 Å². The van der Waals surface area contributed by atoms with Crippen molar-refractivity contribution in [2.24, 2.45) is 4.99 Å². The number of hydrogen-bond acceptors (Lipinski definition) is 2. The lowest BCUT2D eigenvalue weighted by Gasteiger charge is -2.10. The van der Waals surface area contributed by atoms with Gasteiger partial charge in [0.2, 0.25) is 0 Å². The van der Waals surface area contributed by atoms with Gasteiger partial charge in [-0.3, -0.25) is 4.99 Å². The number of phenolic OH excluding ortho intramolecular Hbond substituents is 1. The van der Waals surface area contributed by atoms with Crippen LogP contribution in [0.4, 0.5) is 5.69 Å². The molecule has 2 aromatic rings. The Balaban J connectivity index is 2.17. The Morgan fingerprint density at radius 1 is 1.10 bits per heavy atom. The van der Waals surface area contributed by atoms with Crippen LogP contribution in [-0.4, -0.2) is 11.3 Å². The van der Waals surface area contributed by atoms with Crippen LogP contribution >= 0.6 is 0 Å². The van der Waals surface area contributed by atoms with Gasteiger partial charge in [0.1, 0.15) is 5.75 Å². The van der Waals surface area contributed by atoms with Crippen LogP contribution in [-0.2, 0) is 0 Å². The predicted octanol–water partition coefficient (Wildman–Crippen LogP) is 5.24. The number of aliphatic imine (C=N–C) groups is 1. The topological polar surface area (TPSA) is 32.6 Å². The van der Waals surface area contributed by atoms with Crippen molar-refractivity contribution in [2.45, 2.75) is 26.7 Å². The molecule has 0 saturated heterocycles. The van der Waals surface area contributed by atoms with Crippen molar-refractivity contribution in [1.82, 2.24) is 0 Å². The van der Waals surface area contributed by atoms with E-state index in [9.17, 15) is 5.11 Å². The average Bonchev–Trinajstić information content (AvgIpc) is 2.46. The molecule has 0 aliphatic heterocycles. The highest BCUT2D eigenvalue weighted by molar-refractivity contribution is 5.81. The summed E-state index contributed by atoms with van der Waals surface area (Å²) in [4.78, 5) is 4.48. The SMILES string of the molecule is Cc1cc(O)c(C(C)C)cc1N=C/C=C/c1ccccc1. The van der Waals surface area contributed by atoms with E-state index in [-0.39, 0.29) is 5.92 Å². The van der Waals surface area contributed by atoms with E-state index in [1.807, 2.05) is 55.5 Å². The number of allylic oxidation sites excluding steroid dienone is 1. The number of aryl methyl sites for hydroxylation is 1. The molecule has 2 rings (SSSR count). The number of aromatic hydroxyl groups is 1. The first-order valence-electron chi connectivity index (χ1n) is 7.17. The molecule has 2 heteroatoms. The molecule has 1 N–H and O–H groups in total. The van der Waals surface area contributed by atoms with Crippen molar-refractivity contribution in [3.8, 4) is 5.75 Å². The Kier molecular flexibility index (Phi) is 4.94. The summed E-state index contributed by atoms with van der Waals surface area (Å²) >= 11 is 0. The fraction of sp³-hybridized carbons (Fsp3) is 0.211. The molecule has 21 heavy (non-hydrogen) atoms. The normalized spacial score (nSPS) is 11.8. The van der Waals surface area contributed by atoms with Gasteiger partial charge in [-0.2, -0.15) is 0 Å². The van der Waals surface area contributed by atoms with E-state index < -0.39 is 0 Å². The second kappa shape index (κ2) is 6.89. The molecule has 0 aliphatic carbocycles. The van der Waals surface area contributed by atoms with Gasteiger partial charge in [-0.1, -0.05) is 50.3 Å². The van der Waals surface area contributed by atoms with Gasteiger partial charge in [0.25, 0.3) is 0 Å². The van der Waals surface area contributed by atoms with Crippen LogP contribution in [0, 0.1) is 6.92 Å². The molecule has 0 atom stereocenters. The first-order chi connectivity index (χ1) is 10.1. The Hall–Kier alpha value is -2.35. The summed E-state index contributed by atoms with van der Waals surface area (Å²) in [5.41, 5.74) is 3.95. The van der Waals surface area contributed by atoms with Crippen molar-refractivity contribution in [1.29, 1.82) is 0 Å². The summed E-state index contributed by atoms with van der Waals surface area (Å²) in [6, 6.07) is 13.9. The fourth-order valence-electron chi connectivity index (χ4n) is 2.14. The summed E-state index contributed by atoms with van der Waals surface area (Å²) in [7, 11) is 0. The van der Waals surface area contributed by atoms with Crippen molar-refractivity contribution in [3.63, 3.8) is 0 Å². The zero-order chi connectivity index (χ0) is 15.2. The van der Waals surface area contributed by atoms with Crippen LogP contribution in [0.3, 0.4) is 0 Å². The largest absolute Gasteiger partial charge is 0.508 e. The summed E-state index contributed by atoms with van der Waals surface area (Å²) in [5, 5.41) is 9.94. The standard InChI is InChI=1S/C19H21NO/c1-14(2)17-13-18(15(3)12-19(17)21)20-11-7-10-16-8-5-4-6-9-16/h4-14,21H,1-3H3/b10-7+,20-11?. The van der Waals surface area contributed by atoms with E-state index in [2.05, 4.69) is 18.8 Å². The Labute approximate surface area is 126 Å². The lowest BCUT2D eigenvalue weighted by atomic mass is 9.99. The third-order valence-corrected chi connectivity index (χ3v) is 3.36. The third kappa shape index (κ3) is 4.06. The van der Waals surface area contributed by atoms with E-state index in [1.165, 1.54) is 0 Å². The first-order valence-corrected chi connectivity index (χ1v) is 7.17. The van der Waals surface area contributed by atoms with Crippen molar-refractivity contribution in [3.05, 3.63) is 65.2 Å². The maximum Gasteiger partial charge on any atom is 0.119 e. The quantitative estimate of drug-likeness (QED) is 0.763. The van der Waals surface area contributed by atoms with Gasteiger partial charge >= 0.3 is 0 Å². The molecule has 0 fully saturated rings. The minimum absolute atomic E-state index is 0.277. The van der Waals surface area contributed by atoms with E-state index in [0.717, 1.165) is 22.4 Å². The van der Waals surface area contributed by atoms with Crippen molar-refractivity contribution in [2.75, 3.05) is 0 Å². The molecule has 0 spiro atoms. The van der Waals surface area contributed by atoms with E-state index >= 15 is 0 Å². The van der Waals surface area contributed by atoms with Crippen molar-refractivity contribution >= 4 is 18.0 Å². The summed E-state index contributed by atoms with van der Waals surface area (Å²) in [5.74, 6) is 0.626. The summed E-state index contributed by atoms with van der Waals surface area (Å²) < 4.78 is 0. The molecule has 2 nitrogen and oxygen atoms in total. The van der Waals surface area contributed by atoms with Gasteiger partial charge in [0, 0.05) is 6.21 Å². The predicted molar refractivity (Wildman–Crippen MR) is 90.6 cm³/mol. The Morgan fingerprint density at radius 2 is 1.81 bits per heavy atom. The monoisotopic (exact) mass is 279 g/mol. The number of nitrogens with zero attached hydrogens (tertiary/aromatic N) is 1. The van der Waals surface area contributed by atoms with Crippen LogP contribution in [0.2, 0.25) is 0 Å². The van der Waals surface area contributed by atoms with Gasteiger partial charge in [0.15, 0.2) is 0 Å². The molecular weight excluding hydrogens is 258 g/mol. The molecule has 108 valence electrons. The van der Waals surface area contributed by atoms with Crippen LogP contribution in [0.1, 0.15) is 36.5 Å². The molecule has 2 aromatic carbocycles. The van der Waals surface area contributed by atoms with Gasteiger partial charge in [0.05, 0.1) is 5.69 Å². The third-order valence-electron chi connectivity index (χ3n) is 3.36. The highest BCUT2D eigenvalue weighted by atomic mass is 16.3. The lowest BCUT2D eigenvalue weighted by Crippen LogP contribution is -1.89. The molecule has 0 unspecified atom stereocenters. The highest BCUT2D eigenvalue weighted by Gasteiger charge is 2.08. The minimum Gasteiger partial charge on any atom is -0.508 e. The molecular formula is C19H21NO. The Morgan fingerprint density at radius 3 is 2.48 bits per heavy atom. The summed E-state index contributed by atoms with van der Waals surface area (Å²) in [6.45, 7) is 6.08. The van der Waals surface area contributed by atoms with E-state index in [4.69, 9.17) is 0 Å². The molecule has 0 saturated carbocycles. The van der Waals surface area contributed by atoms with E-state index in [1.54, 1.807) is 12.3 Å². The van der Waals surface area contributed by atoms with E-state index in [0.29, 0.717) is 5.75 Å². The zero-order valence-corrected chi connectivity index (χ0v) is 12.7. The number of hydrogen-bond donors (Lipinski definition) is 1. The maximum absolute atomic E-state index is 9.94. The van der Waals surface area contributed by atoms with Gasteiger partial charge < -0.3 is 5.11 Å². The molecule has 0 aromatic heterocycles. The molecule has 0 heterocycles. The number of rotatable bonds is 4. The van der Waals surface area contributed by atoms with Crippen LogP contribution in [0.15, 0.2) is 53.5 Å². The summed E-state index contributed by atoms with van der Waals surface area (Å²) in [6.07, 6.45) is 5.73. The fourth-order valence-corrected chi connectivity index (χ4v) is 2.14. The second-order valence-electron chi connectivity index (χ2n) is 5.40. The first kappa shape index (κ1) is 15.0. The highest BCUT2D eigenvalue weighted by Crippen LogP contribution is 2.32. The van der Waals surface area contributed by atoms with Crippen molar-refractivity contribution < 1.29 is 5.11 Å². The smallest absolute Gasteiger partial charge is 0.119 e. The van der Waals surface area contributed by atoms with Crippen LogP contribution < -0.4 is 0 Å². The number of benzene rings is 2. The molecule has 0 bridgehead atoms. The molecule has 0 amide bonds. The minimum atomic E-state index is 0.277. The van der Waals surface area contributed by atoms with Gasteiger partial charge in [-0.05, 0) is 47.7 Å². The lowest BCUT2D eigenvalue weighted by molar-refractivity contribution is 0.464. The van der Waals surface area contributed by atoms with Gasteiger partial charge in [-0.15, -0.1) is 0 Å². The molecule has 0 radical (unpaired) electrons. The van der Waals surface area contributed by atoms with Crippen LogP contribution in [0.5, 0.6) is 5.75 Å². The zero-order valence-electron chi connectivity index (χ0n) is 12.7. The average molecular weight is 279 g/mol. The van der Waals surface area contributed by atoms with Crippen LogP contribution in [0.25, 0.3) is 6.08 Å². The maximum atomic E-state index is 9.94. The Bertz CT molecular complexity index is 655.